The standard InChI is InChI=1S/C19H22N2O4S/c1-13-20-15(12-26-13)9-19(23)25-11-18(22)21(16-5-6-16)10-14-3-7-17(24-2)8-4-14/h3-4,7-8,12,16H,5-6,9-11H2,1-2H3. The lowest BCUT2D eigenvalue weighted by Crippen LogP contribution is -2.36. The van der Waals surface area contributed by atoms with E-state index >= 15 is 0 Å². The molecule has 1 amide bonds. The van der Waals surface area contributed by atoms with E-state index in [2.05, 4.69) is 4.98 Å². The van der Waals surface area contributed by atoms with Gasteiger partial charge in [-0.1, -0.05) is 12.1 Å². The van der Waals surface area contributed by atoms with Crippen molar-refractivity contribution in [3.05, 3.63) is 45.9 Å². The summed E-state index contributed by atoms with van der Waals surface area (Å²) >= 11 is 1.49. The summed E-state index contributed by atoms with van der Waals surface area (Å²) < 4.78 is 10.3. The van der Waals surface area contributed by atoms with Crippen molar-refractivity contribution in [1.82, 2.24) is 9.88 Å². The minimum absolute atomic E-state index is 0.0968. The van der Waals surface area contributed by atoms with Crippen LogP contribution in [0.25, 0.3) is 0 Å². The molecule has 2 aromatic rings. The predicted molar refractivity (Wildman–Crippen MR) is 98.1 cm³/mol. The van der Waals surface area contributed by atoms with Crippen LogP contribution in [0.15, 0.2) is 29.6 Å². The molecule has 0 atom stereocenters. The van der Waals surface area contributed by atoms with Gasteiger partial charge < -0.3 is 14.4 Å². The second-order valence-corrected chi connectivity index (χ2v) is 7.36. The molecule has 0 unspecified atom stereocenters. The van der Waals surface area contributed by atoms with Gasteiger partial charge in [0.05, 0.1) is 24.2 Å². The van der Waals surface area contributed by atoms with Crippen molar-refractivity contribution in [2.24, 2.45) is 0 Å². The van der Waals surface area contributed by atoms with Crippen LogP contribution in [0.3, 0.4) is 0 Å². The Morgan fingerprint density at radius 2 is 2.00 bits per heavy atom. The number of ether oxygens (including phenoxy) is 2. The van der Waals surface area contributed by atoms with E-state index in [1.807, 2.05) is 36.6 Å². The maximum atomic E-state index is 12.5. The number of hydrogen-bond acceptors (Lipinski definition) is 6. The fourth-order valence-corrected chi connectivity index (χ4v) is 3.26. The van der Waals surface area contributed by atoms with Crippen molar-refractivity contribution in [3.8, 4) is 5.75 Å². The van der Waals surface area contributed by atoms with Gasteiger partial charge in [-0.05, 0) is 37.5 Å². The topological polar surface area (TPSA) is 68.7 Å². The fourth-order valence-electron chi connectivity index (χ4n) is 2.65. The molecule has 0 saturated heterocycles. The molecule has 3 rings (SSSR count). The Hall–Kier alpha value is -2.41. The molecule has 0 bridgehead atoms. The van der Waals surface area contributed by atoms with Gasteiger partial charge in [-0.15, -0.1) is 11.3 Å². The zero-order chi connectivity index (χ0) is 18.5. The van der Waals surface area contributed by atoms with E-state index in [0.717, 1.165) is 29.2 Å². The molecule has 1 heterocycles. The normalized spacial score (nSPS) is 13.3. The van der Waals surface area contributed by atoms with Crippen LogP contribution in [0.5, 0.6) is 5.75 Å². The molecule has 1 aliphatic rings. The lowest BCUT2D eigenvalue weighted by molar-refractivity contribution is -0.152. The van der Waals surface area contributed by atoms with Gasteiger partial charge in [0, 0.05) is 18.0 Å². The lowest BCUT2D eigenvalue weighted by atomic mass is 10.2. The first-order chi connectivity index (χ1) is 12.5. The van der Waals surface area contributed by atoms with Gasteiger partial charge in [-0.25, -0.2) is 4.98 Å². The van der Waals surface area contributed by atoms with Gasteiger partial charge in [0.15, 0.2) is 6.61 Å². The molecular formula is C19H22N2O4S. The first kappa shape index (κ1) is 18.4. The number of aryl methyl sites for hydroxylation is 1. The maximum Gasteiger partial charge on any atom is 0.312 e. The number of methoxy groups -OCH3 is 1. The number of nitrogens with zero attached hydrogens (tertiary/aromatic N) is 2. The molecule has 7 heteroatoms. The third-order valence-electron chi connectivity index (χ3n) is 4.17. The molecule has 0 N–H and O–H groups in total. The van der Waals surface area contributed by atoms with Gasteiger partial charge in [-0.3, -0.25) is 9.59 Å². The summed E-state index contributed by atoms with van der Waals surface area (Å²) in [5.74, 6) is 0.194. The number of esters is 1. The largest absolute Gasteiger partial charge is 0.497 e. The van der Waals surface area contributed by atoms with Crippen molar-refractivity contribution < 1.29 is 19.1 Å². The lowest BCUT2D eigenvalue weighted by Gasteiger charge is -2.22. The Balaban J connectivity index is 1.52. The molecule has 1 fully saturated rings. The molecule has 1 aromatic carbocycles. The SMILES string of the molecule is COc1ccc(CN(C(=O)COC(=O)Cc2csc(C)n2)C2CC2)cc1. The van der Waals surface area contributed by atoms with Gasteiger partial charge in [-0.2, -0.15) is 0 Å². The number of aromatic nitrogens is 1. The third kappa shape index (κ3) is 5.05. The molecule has 1 aromatic heterocycles. The Kier molecular flexibility index (Phi) is 5.88. The minimum atomic E-state index is -0.427. The fraction of sp³-hybridized carbons (Fsp3) is 0.421. The van der Waals surface area contributed by atoms with Crippen LogP contribution in [0.1, 0.15) is 29.1 Å². The molecular weight excluding hydrogens is 352 g/mol. The first-order valence-electron chi connectivity index (χ1n) is 8.54. The van der Waals surface area contributed by atoms with Crippen LogP contribution in [0.4, 0.5) is 0 Å². The number of amides is 1. The molecule has 0 aliphatic heterocycles. The van der Waals surface area contributed by atoms with E-state index in [1.165, 1.54) is 11.3 Å². The second kappa shape index (κ2) is 8.31. The average molecular weight is 374 g/mol. The average Bonchev–Trinajstić information content (AvgIpc) is 3.40. The van der Waals surface area contributed by atoms with Gasteiger partial charge in [0.2, 0.25) is 0 Å². The van der Waals surface area contributed by atoms with Gasteiger partial charge in [0.25, 0.3) is 5.91 Å². The number of carbonyl (C=O) groups is 2. The highest BCUT2D eigenvalue weighted by atomic mass is 32.1. The highest BCUT2D eigenvalue weighted by Crippen LogP contribution is 2.28. The van der Waals surface area contributed by atoms with Crippen LogP contribution >= 0.6 is 11.3 Å². The highest BCUT2D eigenvalue weighted by molar-refractivity contribution is 7.09. The Morgan fingerprint density at radius 3 is 2.58 bits per heavy atom. The van der Waals surface area contributed by atoms with Crippen molar-refractivity contribution >= 4 is 23.2 Å². The zero-order valence-electron chi connectivity index (χ0n) is 14.9. The summed E-state index contributed by atoms with van der Waals surface area (Å²) in [6.45, 7) is 2.17. The van der Waals surface area contributed by atoms with E-state index in [0.29, 0.717) is 12.2 Å². The van der Waals surface area contributed by atoms with Crippen molar-refractivity contribution in [1.29, 1.82) is 0 Å². The van der Waals surface area contributed by atoms with E-state index in [-0.39, 0.29) is 25.0 Å². The van der Waals surface area contributed by atoms with E-state index in [9.17, 15) is 9.59 Å². The monoisotopic (exact) mass is 374 g/mol. The summed E-state index contributed by atoms with van der Waals surface area (Å²) in [5, 5.41) is 2.74. The van der Waals surface area contributed by atoms with Crippen LogP contribution in [0, 0.1) is 6.92 Å². The molecule has 1 saturated carbocycles. The summed E-state index contributed by atoms with van der Waals surface area (Å²) in [4.78, 5) is 30.5. The Morgan fingerprint density at radius 1 is 1.27 bits per heavy atom. The quantitative estimate of drug-likeness (QED) is 0.665. The third-order valence-corrected chi connectivity index (χ3v) is 4.99. The minimum Gasteiger partial charge on any atom is -0.497 e. The Bertz CT molecular complexity index is 768. The van der Waals surface area contributed by atoms with Gasteiger partial charge >= 0.3 is 5.97 Å². The van der Waals surface area contributed by atoms with Crippen molar-refractivity contribution in [2.75, 3.05) is 13.7 Å². The molecule has 26 heavy (non-hydrogen) atoms. The highest BCUT2D eigenvalue weighted by Gasteiger charge is 2.32. The van der Waals surface area contributed by atoms with E-state index in [1.54, 1.807) is 12.0 Å². The molecule has 6 nitrogen and oxygen atoms in total. The Labute approximate surface area is 156 Å². The molecule has 1 aliphatic carbocycles. The van der Waals surface area contributed by atoms with Crippen LogP contribution in [-0.2, 0) is 27.3 Å². The predicted octanol–water partition coefficient (Wildman–Crippen LogP) is 2.74. The van der Waals surface area contributed by atoms with Crippen molar-refractivity contribution in [2.45, 2.75) is 38.8 Å². The van der Waals surface area contributed by atoms with Crippen LogP contribution < -0.4 is 4.74 Å². The molecule has 0 radical (unpaired) electrons. The van der Waals surface area contributed by atoms with E-state index in [4.69, 9.17) is 9.47 Å². The number of benzene rings is 1. The zero-order valence-corrected chi connectivity index (χ0v) is 15.8. The first-order valence-corrected chi connectivity index (χ1v) is 9.42. The number of hydrogen-bond donors (Lipinski definition) is 0. The summed E-state index contributed by atoms with van der Waals surface area (Å²) in [6, 6.07) is 7.88. The number of rotatable bonds is 8. The van der Waals surface area contributed by atoms with Crippen LogP contribution in [-0.4, -0.2) is 41.5 Å². The number of carbonyl (C=O) groups excluding carboxylic acids is 2. The van der Waals surface area contributed by atoms with Gasteiger partial charge in [0.1, 0.15) is 5.75 Å². The smallest absolute Gasteiger partial charge is 0.312 e. The molecule has 0 spiro atoms. The second-order valence-electron chi connectivity index (χ2n) is 6.30. The van der Waals surface area contributed by atoms with E-state index < -0.39 is 5.97 Å². The number of thiazole rings is 1. The summed E-state index contributed by atoms with van der Waals surface area (Å²) in [7, 11) is 1.62. The van der Waals surface area contributed by atoms with Crippen LogP contribution in [0.2, 0.25) is 0 Å². The molecule has 138 valence electrons. The summed E-state index contributed by atoms with van der Waals surface area (Å²) in [5.41, 5.74) is 1.71. The summed E-state index contributed by atoms with van der Waals surface area (Å²) in [6.07, 6.45) is 2.08. The van der Waals surface area contributed by atoms with Crippen molar-refractivity contribution in [3.63, 3.8) is 0 Å². The maximum absolute atomic E-state index is 12.5.